The molecule has 1 heterocycles. The summed E-state index contributed by atoms with van der Waals surface area (Å²) in [6.45, 7) is 1.21. The predicted octanol–water partition coefficient (Wildman–Crippen LogP) is 2.97. The van der Waals surface area contributed by atoms with Crippen LogP contribution >= 0.6 is 0 Å². The molecule has 3 N–H and O–H groups in total. The topological polar surface area (TPSA) is 99.8 Å². The summed E-state index contributed by atoms with van der Waals surface area (Å²) in [5, 5.41) is 7.38. The van der Waals surface area contributed by atoms with Gasteiger partial charge in [-0.3, -0.25) is 9.59 Å². The number of benzene rings is 2. The second-order valence-electron chi connectivity index (χ2n) is 7.35. The molecule has 1 saturated heterocycles. The summed E-state index contributed by atoms with van der Waals surface area (Å²) in [7, 11) is 1.53. The van der Waals surface area contributed by atoms with Crippen molar-refractivity contribution in [3.63, 3.8) is 0 Å². The second-order valence-corrected chi connectivity index (χ2v) is 7.35. The van der Waals surface area contributed by atoms with Crippen LogP contribution in [0.4, 0.5) is 25.0 Å². The van der Waals surface area contributed by atoms with Crippen LogP contribution in [0.25, 0.3) is 0 Å². The molecule has 8 nitrogen and oxygen atoms in total. The molecule has 1 aliphatic rings. The Labute approximate surface area is 183 Å². The van der Waals surface area contributed by atoms with Crippen LogP contribution < -0.4 is 20.7 Å². The Morgan fingerprint density at radius 1 is 1.00 bits per heavy atom. The lowest BCUT2D eigenvalue weighted by Crippen LogP contribution is -2.44. The molecule has 2 aromatic carbocycles. The van der Waals surface area contributed by atoms with Crippen molar-refractivity contribution in [3.8, 4) is 5.75 Å². The maximum Gasteiger partial charge on any atom is 0.321 e. The van der Waals surface area contributed by atoms with Crippen molar-refractivity contribution in [2.45, 2.75) is 12.8 Å². The maximum atomic E-state index is 13.6. The van der Waals surface area contributed by atoms with Gasteiger partial charge in [-0.2, -0.15) is 0 Å². The quantitative estimate of drug-likeness (QED) is 0.615. The van der Waals surface area contributed by atoms with E-state index in [0.717, 1.165) is 18.2 Å². The summed E-state index contributed by atoms with van der Waals surface area (Å²) >= 11 is 0. The van der Waals surface area contributed by atoms with Crippen molar-refractivity contribution in [1.82, 2.24) is 10.2 Å². The number of carbonyl (C=O) groups excluding carboxylic acids is 3. The summed E-state index contributed by atoms with van der Waals surface area (Å²) in [5.74, 6) is -2.95. The van der Waals surface area contributed by atoms with Gasteiger partial charge >= 0.3 is 17.8 Å². The predicted molar refractivity (Wildman–Crippen MR) is 114 cm³/mol. The SMILES string of the molecule is COc1ccccc1NC(=O)N1CCC(CNC(=O)C(=O)Nc2cc(F)ccc2F)CC1. The number of ether oxygens (including phenoxy) is 1. The molecule has 0 bridgehead atoms. The summed E-state index contributed by atoms with van der Waals surface area (Å²) in [6, 6.07) is 9.44. The number of nitrogens with one attached hydrogen (secondary N) is 3. The highest BCUT2D eigenvalue weighted by Crippen LogP contribution is 2.24. The molecule has 170 valence electrons. The number of methoxy groups -OCH3 is 1. The molecular formula is C22H24F2N4O4. The number of carbonyl (C=O) groups is 3. The minimum absolute atomic E-state index is 0.0768. The number of anilines is 2. The molecular weight excluding hydrogens is 422 g/mol. The molecule has 32 heavy (non-hydrogen) atoms. The number of rotatable bonds is 5. The fourth-order valence-corrected chi connectivity index (χ4v) is 3.37. The van der Waals surface area contributed by atoms with Crippen molar-refractivity contribution < 1.29 is 27.9 Å². The number of nitrogens with zero attached hydrogens (tertiary/aromatic N) is 1. The Balaban J connectivity index is 1.42. The maximum absolute atomic E-state index is 13.6. The molecule has 1 fully saturated rings. The lowest BCUT2D eigenvalue weighted by atomic mass is 9.97. The van der Waals surface area contributed by atoms with E-state index in [9.17, 15) is 23.2 Å². The summed E-state index contributed by atoms with van der Waals surface area (Å²) < 4.78 is 32.0. The van der Waals surface area contributed by atoms with Crippen LogP contribution in [0.3, 0.4) is 0 Å². The number of piperidine rings is 1. The van der Waals surface area contributed by atoms with Gasteiger partial charge < -0.3 is 25.6 Å². The smallest absolute Gasteiger partial charge is 0.321 e. The first-order chi connectivity index (χ1) is 15.4. The van der Waals surface area contributed by atoms with Crippen molar-refractivity contribution in [3.05, 3.63) is 54.1 Å². The van der Waals surface area contributed by atoms with Crippen molar-refractivity contribution in [2.75, 3.05) is 37.4 Å². The highest BCUT2D eigenvalue weighted by atomic mass is 19.1. The standard InChI is InChI=1S/C22H24F2N4O4/c1-32-19-5-3-2-4-17(19)27-22(31)28-10-8-14(9-11-28)13-25-20(29)21(30)26-18-12-15(23)6-7-16(18)24/h2-7,12,14H,8-11,13H2,1H3,(H,25,29)(H,26,30)(H,27,31). The third-order valence-corrected chi connectivity index (χ3v) is 5.18. The van der Waals surface area contributed by atoms with Gasteiger partial charge in [-0.1, -0.05) is 12.1 Å². The number of urea groups is 1. The minimum atomic E-state index is -1.08. The van der Waals surface area contributed by atoms with Crippen LogP contribution in [0.1, 0.15) is 12.8 Å². The van der Waals surface area contributed by atoms with E-state index in [1.54, 1.807) is 23.1 Å². The third kappa shape index (κ3) is 5.93. The highest BCUT2D eigenvalue weighted by Gasteiger charge is 2.25. The number of hydrogen-bond donors (Lipinski definition) is 3. The van der Waals surface area contributed by atoms with Crippen LogP contribution in [0.2, 0.25) is 0 Å². The zero-order chi connectivity index (χ0) is 23.1. The number of likely N-dealkylation sites (tertiary alicyclic amines) is 1. The Hall–Kier alpha value is -3.69. The molecule has 2 aromatic rings. The van der Waals surface area contributed by atoms with Gasteiger partial charge in [0.2, 0.25) is 0 Å². The van der Waals surface area contributed by atoms with Gasteiger partial charge in [-0.15, -0.1) is 0 Å². The Morgan fingerprint density at radius 2 is 1.72 bits per heavy atom. The Kier molecular flexibility index (Phi) is 7.58. The van der Waals surface area contributed by atoms with Crippen LogP contribution in [-0.4, -0.2) is 49.5 Å². The summed E-state index contributed by atoms with van der Waals surface area (Å²) in [4.78, 5) is 38.1. The van der Waals surface area contributed by atoms with Crippen LogP contribution in [0.15, 0.2) is 42.5 Å². The molecule has 4 amide bonds. The van der Waals surface area contributed by atoms with E-state index >= 15 is 0 Å². The molecule has 3 rings (SSSR count). The molecule has 0 unspecified atom stereocenters. The van der Waals surface area contributed by atoms with Gasteiger partial charge in [0, 0.05) is 25.7 Å². The fourth-order valence-electron chi connectivity index (χ4n) is 3.37. The van der Waals surface area contributed by atoms with E-state index < -0.39 is 29.1 Å². The Morgan fingerprint density at radius 3 is 2.44 bits per heavy atom. The van der Waals surface area contributed by atoms with Crippen LogP contribution in [0, 0.1) is 17.6 Å². The van der Waals surface area contributed by atoms with E-state index in [2.05, 4.69) is 16.0 Å². The van der Waals surface area contributed by atoms with Gasteiger partial charge in [0.05, 0.1) is 18.5 Å². The van der Waals surface area contributed by atoms with Gasteiger partial charge in [-0.25, -0.2) is 13.6 Å². The number of halogens is 2. The largest absolute Gasteiger partial charge is 0.495 e. The van der Waals surface area contributed by atoms with Gasteiger partial charge in [0.1, 0.15) is 17.4 Å². The molecule has 0 radical (unpaired) electrons. The normalized spacial score (nSPS) is 13.9. The van der Waals surface area contributed by atoms with E-state index in [0.29, 0.717) is 37.4 Å². The monoisotopic (exact) mass is 446 g/mol. The fraction of sp³-hybridized carbons (Fsp3) is 0.318. The lowest BCUT2D eigenvalue weighted by molar-refractivity contribution is -0.136. The van der Waals surface area contributed by atoms with Crippen molar-refractivity contribution in [1.29, 1.82) is 0 Å². The average molecular weight is 446 g/mol. The van der Waals surface area contributed by atoms with E-state index in [1.807, 2.05) is 6.07 Å². The highest BCUT2D eigenvalue weighted by molar-refractivity contribution is 6.39. The molecule has 0 aromatic heterocycles. The molecule has 10 heteroatoms. The van der Waals surface area contributed by atoms with Gasteiger partial charge in [0.15, 0.2) is 0 Å². The first kappa shape index (κ1) is 23.0. The molecule has 0 atom stereocenters. The molecule has 0 spiro atoms. The van der Waals surface area contributed by atoms with Gasteiger partial charge in [-0.05, 0) is 43.0 Å². The average Bonchev–Trinajstić information content (AvgIpc) is 2.80. The second kappa shape index (κ2) is 10.6. The molecule has 1 aliphatic heterocycles. The summed E-state index contributed by atoms with van der Waals surface area (Å²) in [5.41, 5.74) is 0.176. The van der Waals surface area contributed by atoms with Gasteiger partial charge in [0.25, 0.3) is 0 Å². The molecule has 0 saturated carbocycles. The Bertz CT molecular complexity index is 994. The van der Waals surface area contributed by atoms with Crippen molar-refractivity contribution >= 4 is 29.2 Å². The third-order valence-electron chi connectivity index (χ3n) is 5.18. The van der Waals surface area contributed by atoms with E-state index in [1.165, 1.54) is 7.11 Å². The van der Waals surface area contributed by atoms with Crippen LogP contribution in [0.5, 0.6) is 5.75 Å². The molecule has 0 aliphatic carbocycles. The van der Waals surface area contributed by atoms with Crippen LogP contribution in [-0.2, 0) is 9.59 Å². The number of para-hydroxylation sites is 2. The minimum Gasteiger partial charge on any atom is -0.495 e. The van der Waals surface area contributed by atoms with E-state index in [4.69, 9.17) is 4.74 Å². The first-order valence-corrected chi connectivity index (χ1v) is 10.1. The lowest BCUT2D eigenvalue weighted by Gasteiger charge is -2.32. The zero-order valence-corrected chi connectivity index (χ0v) is 17.5. The zero-order valence-electron chi connectivity index (χ0n) is 17.5. The van der Waals surface area contributed by atoms with Crippen molar-refractivity contribution in [2.24, 2.45) is 5.92 Å². The number of hydrogen-bond acceptors (Lipinski definition) is 4. The van der Waals surface area contributed by atoms with E-state index in [-0.39, 0.29) is 18.5 Å². The number of amides is 4. The first-order valence-electron chi connectivity index (χ1n) is 10.1. The summed E-state index contributed by atoms with van der Waals surface area (Å²) in [6.07, 6.45) is 1.28.